The molecular formula is C17H18O2. The summed E-state index contributed by atoms with van der Waals surface area (Å²) >= 11 is 0. The van der Waals surface area contributed by atoms with Crippen LogP contribution in [0.4, 0.5) is 0 Å². The van der Waals surface area contributed by atoms with Crippen LogP contribution in [0.5, 0.6) is 0 Å². The molecule has 2 rings (SSSR count). The number of ether oxygens (including phenoxy) is 1. The summed E-state index contributed by atoms with van der Waals surface area (Å²) < 4.78 is 5.47. The molecule has 2 heteroatoms. The molecule has 0 aliphatic heterocycles. The van der Waals surface area contributed by atoms with Crippen molar-refractivity contribution in [3.8, 4) is 0 Å². The maximum atomic E-state index is 10.5. The minimum Gasteiger partial charge on any atom is -0.384 e. The van der Waals surface area contributed by atoms with Crippen molar-refractivity contribution >= 4 is 0 Å². The van der Waals surface area contributed by atoms with Gasteiger partial charge in [0.2, 0.25) is 0 Å². The van der Waals surface area contributed by atoms with E-state index in [0.29, 0.717) is 13.2 Å². The lowest BCUT2D eigenvalue weighted by Crippen LogP contribution is -2.05. The second-order valence-corrected chi connectivity index (χ2v) is 4.32. The Bertz CT molecular complexity index is 520. The molecule has 1 unspecified atom stereocenters. The van der Waals surface area contributed by atoms with Crippen molar-refractivity contribution in [3.05, 3.63) is 83.9 Å². The summed E-state index contributed by atoms with van der Waals surface area (Å²) in [4.78, 5) is 0. The highest BCUT2D eigenvalue weighted by molar-refractivity contribution is 5.35. The van der Waals surface area contributed by atoms with Crippen molar-refractivity contribution in [2.24, 2.45) is 0 Å². The smallest absolute Gasteiger partial charge is 0.104 e. The van der Waals surface area contributed by atoms with Crippen LogP contribution in [0.25, 0.3) is 0 Å². The van der Waals surface area contributed by atoms with Crippen LogP contribution < -0.4 is 0 Å². The Morgan fingerprint density at radius 2 is 1.74 bits per heavy atom. The molecule has 19 heavy (non-hydrogen) atoms. The van der Waals surface area contributed by atoms with E-state index >= 15 is 0 Å². The minimum absolute atomic E-state index is 0.478. The molecule has 2 aromatic carbocycles. The first-order valence-electron chi connectivity index (χ1n) is 6.32. The predicted molar refractivity (Wildman–Crippen MR) is 76.8 cm³/mol. The summed E-state index contributed by atoms with van der Waals surface area (Å²) in [5.74, 6) is 0. The molecule has 0 heterocycles. The first-order chi connectivity index (χ1) is 9.33. The van der Waals surface area contributed by atoms with Crippen LogP contribution in [-0.4, -0.2) is 11.7 Å². The summed E-state index contributed by atoms with van der Waals surface area (Å²) in [7, 11) is 0. The second-order valence-electron chi connectivity index (χ2n) is 4.32. The molecule has 0 aliphatic carbocycles. The molecule has 0 bridgehead atoms. The first-order valence-corrected chi connectivity index (χ1v) is 6.32. The van der Waals surface area contributed by atoms with Gasteiger partial charge in [-0.25, -0.2) is 0 Å². The van der Waals surface area contributed by atoms with Crippen molar-refractivity contribution in [1.29, 1.82) is 0 Å². The number of aliphatic hydroxyl groups excluding tert-OH is 1. The number of aliphatic hydroxyl groups is 1. The Labute approximate surface area is 114 Å². The monoisotopic (exact) mass is 254 g/mol. The average Bonchev–Trinajstić information content (AvgIpc) is 2.48. The van der Waals surface area contributed by atoms with E-state index in [1.807, 2.05) is 54.6 Å². The molecule has 1 atom stereocenters. The number of benzene rings is 2. The van der Waals surface area contributed by atoms with Gasteiger partial charge in [-0.15, -0.1) is 6.58 Å². The van der Waals surface area contributed by atoms with E-state index in [1.54, 1.807) is 6.08 Å². The van der Waals surface area contributed by atoms with E-state index in [0.717, 1.165) is 16.7 Å². The van der Waals surface area contributed by atoms with E-state index in [2.05, 4.69) is 6.58 Å². The van der Waals surface area contributed by atoms with E-state index < -0.39 is 6.10 Å². The van der Waals surface area contributed by atoms with Gasteiger partial charge >= 0.3 is 0 Å². The zero-order valence-electron chi connectivity index (χ0n) is 10.8. The molecule has 98 valence electrons. The van der Waals surface area contributed by atoms with Gasteiger partial charge in [0, 0.05) is 0 Å². The molecule has 0 saturated heterocycles. The lowest BCUT2D eigenvalue weighted by atomic mass is 9.97. The van der Waals surface area contributed by atoms with Gasteiger partial charge in [0.05, 0.1) is 13.2 Å². The molecule has 2 nitrogen and oxygen atoms in total. The molecule has 1 N–H and O–H groups in total. The summed E-state index contributed by atoms with van der Waals surface area (Å²) in [5, 5.41) is 10.5. The number of hydrogen-bond donors (Lipinski definition) is 1. The van der Waals surface area contributed by atoms with Gasteiger partial charge in [-0.05, 0) is 16.7 Å². The summed E-state index contributed by atoms with van der Waals surface area (Å²) in [5.41, 5.74) is 2.78. The molecule has 0 aliphatic rings. The van der Waals surface area contributed by atoms with Gasteiger partial charge in [0.25, 0.3) is 0 Å². The van der Waals surface area contributed by atoms with E-state index in [-0.39, 0.29) is 0 Å². The predicted octanol–water partition coefficient (Wildman–Crippen LogP) is 3.47. The van der Waals surface area contributed by atoms with Crippen LogP contribution in [0.3, 0.4) is 0 Å². The van der Waals surface area contributed by atoms with E-state index in [4.69, 9.17) is 4.74 Å². The Morgan fingerprint density at radius 3 is 2.47 bits per heavy atom. The quantitative estimate of drug-likeness (QED) is 0.632. The molecule has 0 fully saturated rings. The fraction of sp³-hybridized carbons (Fsp3) is 0.176. The van der Waals surface area contributed by atoms with Gasteiger partial charge in [-0.3, -0.25) is 0 Å². The maximum absolute atomic E-state index is 10.5. The highest BCUT2D eigenvalue weighted by Gasteiger charge is 2.13. The molecule has 0 radical (unpaired) electrons. The third-order valence-corrected chi connectivity index (χ3v) is 2.96. The van der Waals surface area contributed by atoms with Crippen LogP contribution in [0.1, 0.15) is 22.8 Å². The van der Waals surface area contributed by atoms with Crippen LogP contribution in [0.2, 0.25) is 0 Å². The number of hydrogen-bond acceptors (Lipinski definition) is 2. The number of rotatable bonds is 6. The Balaban J connectivity index is 2.21. The molecule has 0 saturated carbocycles. The van der Waals surface area contributed by atoms with Gasteiger partial charge in [0.1, 0.15) is 6.10 Å². The van der Waals surface area contributed by atoms with Gasteiger partial charge in [0.15, 0.2) is 0 Å². The highest BCUT2D eigenvalue weighted by atomic mass is 16.5. The minimum atomic E-state index is -0.621. The van der Waals surface area contributed by atoms with Crippen molar-refractivity contribution in [1.82, 2.24) is 0 Å². The van der Waals surface area contributed by atoms with Crippen molar-refractivity contribution in [2.45, 2.75) is 12.7 Å². The summed E-state index contributed by atoms with van der Waals surface area (Å²) in [6, 6.07) is 17.4. The van der Waals surface area contributed by atoms with Gasteiger partial charge < -0.3 is 9.84 Å². The summed E-state index contributed by atoms with van der Waals surface area (Å²) in [6.07, 6.45) is 1.10. The lowest BCUT2D eigenvalue weighted by molar-refractivity contribution is 0.144. The van der Waals surface area contributed by atoms with Crippen molar-refractivity contribution in [3.63, 3.8) is 0 Å². The zero-order valence-corrected chi connectivity index (χ0v) is 10.8. The highest BCUT2D eigenvalue weighted by Crippen LogP contribution is 2.25. The molecule has 0 spiro atoms. The van der Waals surface area contributed by atoms with Crippen LogP contribution in [0.15, 0.2) is 67.3 Å². The Morgan fingerprint density at radius 1 is 1.05 bits per heavy atom. The second kappa shape index (κ2) is 6.88. The van der Waals surface area contributed by atoms with E-state index in [1.165, 1.54) is 0 Å². The normalized spacial score (nSPS) is 12.1. The van der Waals surface area contributed by atoms with Crippen LogP contribution in [0, 0.1) is 0 Å². The maximum Gasteiger partial charge on any atom is 0.104 e. The third kappa shape index (κ3) is 3.53. The van der Waals surface area contributed by atoms with Crippen LogP contribution >= 0.6 is 0 Å². The summed E-state index contributed by atoms with van der Waals surface area (Å²) in [6.45, 7) is 4.61. The Hall–Kier alpha value is -1.90. The van der Waals surface area contributed by atoms with Gasteiger partial charge in [-0.2, -0.15) is 0 Å². The SMILES string of the molecule is C=CCOCc1ccccc1C(O)c1ccccc1. The van der Waals surface area contributed by atoms with Crippen molar-refractivity contribution in [2.75, 3.05) is 6.61 Å². The fourth-order valence-corrected chi connectivity index (χ4v) is 2.00. The molecule has 0 aromatic heterocycles. The van der Waals surface area contributed by atoms with Gasteiger partial charge in [-0.1, -0.05) is 60.7 Å². The van der Waals surface area contributed by atoms with Crippen molar-refractivity contribution < 1.29 is 9.84 Å². The fourth-order valence-electron chi connectivity index (χ4n) is 2.00. The topological polar surface area (TPSA) is 29.5 Å². The van der Waals surface area contributed by atoms with Crippen LogP contribution in [-0.2, 0) is 11.3 Å². The standard InChI is InChI=1S/C17H18O2/c1-2-12-19-13-15-10-6-7-11-16(15)17(18)14-8-4-3-5-9-14/h2-11,17-18H,1,12-13H2. The van der Waals surface area contributed by atoms with E-state index in [9.17, 15) is 5.11 Å². The lowest BCUT2D eigenvalue weighted by Gasteiger charge is -2.16. The Kier molecular flexibility index (Phi) is 4.90. The average molecular weight is 254 g/mol. The molecular weight excluding hydrogens is 236 g/mol. The largest absolute Gasteiger partial charge is 0.384 e. The zero-order chi connectivity index (χ0) is 13.5. The first kappa shape index (κ1) is 13.5. The molecule has 0 amide bonds. The molecule has 2 aromatic rings. The third-order valence-electron chi connectivity index (χ3n) is 2.96.